The lowest BCUT2D eigenvalue weighted by Crippen LogP contribution is -2.26. The number of benzene rings is 2. The van der Waals surface area contributed by atoms with Crippen molar-refractivity contribution in [3.05, 3.63) is 93.1 Å². The summed E-state index contributed by atoms with van der Waals surface area (Å²) >= 11 is 11.5. The van der Waals surface area contributed by atoms with E-state index in [0.29, 0.717) is 10.6 Å². The summed E-state index contributed by atoms with van der Waals surface area (Å²) in [5, 5.41) is 9.88. The van der Waals surface area contributed by atoms with Gasteiger partial charge < -0.3 is 4.90 Å². The Bertz CT molecular complexity index is 1000. The van der Waals surface area contributed by atoms with E-state index in [4.69, 9.17) is 28.5 Å². The van der Waals surface area contributed by atoms with Crippen LogP contribution >= 0.6 is 23.2 Å². The second-order valence-corrected chi connectivity index (χ2v) is 9.28. The quantitative estimate of drug-likeness (QED) is 0.402. The normalized spacial score (nSPS) is 13.0. The first-order valence-corrected chi connectivity index (χ1v) is 12.5. The van der Waals surface area contributed by atoms with Crippen molar-refractivity contribution in [1.29, 1.82) is 5.26 Å². The van der Waals surface area contributed by atoms with E-state index in [1.807, 2.05) is 55.7 Å². The van der Waals surface area contributed by atoms with Crippen LogP contribution in [0.5, 0.6) is 0 Å². The maximum absolute atomic E-state index is 8.47. The second kappa shape index (κ2) is 17.1. The summed E-state index contributed by atoms with van der Waals surface area (Å²) in [6.45, 7) is 10.8. The number of rotatable bonds is 6. The number of allylic oxidation sites excluding steroid dienone is 2. The van der Waals surface area contributed by atoms with Crippen LogP contribution in [0.2, 0.25) is 10.0 Å². The zero-order chi connectivity index (χ0) is 25.3. The standard InChI is InChI=1S/C13H22N2.C8H6ClN.C8H9Cl/c1-4-12(2)10-15(3)11-13-6-5-8-14-9-7-13;1-6-2-3-7(5-10)8(9)4-6;1-2-7-5-3-4-6-8(7)9/h5,7-9,12H,4,6,10-11H2,1-3H3;2-4H,1H3;3-6H,2H2,1H3. The van der Waals surface area contributed by atoms with Crippen molar-refractivity contribution >= 4 is 29.4 Å². The van der Waals surface area contributed by atoms with Gasteiger partial charge in [0, 0.05) is 30.5 Å². The number of nitrogens with zero attached hydrogens (tertiary/aromatic N) is 3. The Labute approximate surface area is 216 Å². The molecule has 0 amide bonds. The molecule has 0 N–H and O–H groups in total. The Morgan fingerprint density at radius 2 is 1.85 bits per heavy atom. The average molecular weight is 499 g/mol. The summed E-state index contributed by atoms with van der Waals surface area (Å²) < 4.78 is 0. The summed E-state index contributed by atoms with van der Waals surface area (Å²) in [5.41, 5.74) is 4.27. The van der Waals surface area contributed by atoms with Gasteiger partial charge in [-0.3, -0.25) is 4.99 Å². The minimum absolute atomic E-state index is 0.530. The van der Waals surface area contributed by atoms with E-state index in [2.05, 4.69) is 49.9 Å². The molecule has 0 aromatic heterocycles. The highest BCUT2D eigenvalue weighted by molar-refractivity contribution is 6.31. The molecule has 1 unspecified atom stereocenters. The summed E-state index contributed by atoms with van der Waals surface area (Å²) in [6, 6.07) is 15.3. The van der Waals surface area contributed by atoms with E-state index in [9.17, 15) is 0 Å². The number of likely N-dealkylation sites (N-methyl/N-ethyl adjacent to an activating group) is 1. The lowest BCUT2D eigenvalue weighted by Gasteiger charge is -2.21. The molecule has 0 saturated heterocycles. The molecule has 1 aliphatic heterocycles. The SMILES string of the molecule is CCC(C)CN(C)CC1=CC=NC=CC1.CCc1ccccc1Cl.Cc1ccc(C#N)c(Cl)c1. The molecule has 0 aliphatic carbocycles. The molecule has 2 aromatic carbocycles. The van der Waals surface area contributed by atoms with Gasteiger partial charge in [-0.15, -0.1) is 0 Å². The predicted molar refractivity (Wildman–Crippen MR) is 149 cm³/mol. The molecule has 1 heterocycles. The second-order valence-electron chi connectivity index (χ2n) is 8.46. The van der Waals surface area contributed by atoms with E-state index in [1.54, 1.807) is 12.1 Å². The number of aliphatic imine (C=N–C) groups is 1. The van der Waals surface area contributed by atoms with Gasteiger partial charge in [-0.05, 0) is 68.1 Å². The van der Waals surface area contributed by atoms with Gasteiger partial charge in [0.2, 0.25) is 0 Å². The van der Waals surface area contributed by atoms with Gasteiger partial charge >= 0.3 is 0 Å². The van der Waals surface area contributed by atoms with Crippen LogP contribution in [0.3, 0.4) is 0 Å². The highest BCUT2D eigenvalue weighted by atomic mass is 35.5. The summed E-state index contributed by atoms with van der Waals surface area (Å²) in [7, 11) is 2.19. The molecule has 0 radical (unpaired) electrons. The maximum atomic E-state index is 8.47. The first kappa shape index (κ1) is 29.7. The third-order valence-corrected chi connectivity index (χ3v) is 6.03. The van der Waals surface area contributed by atoms with Crippen molar-refractivity contribution in [3.8, 4) is 6.07 Å². The van der Waals surface area contributed by atoms with Crippen LogP contribution in [0.15, 0.2) is 71.4 Å². The lowest BCUT2D eigenvalue weighted by molar-refractivity contribution is 0.301. The van der Waals surface area contributed by atoms with Gasteiger partial charge in [0.15, 0.2) is 0 Å². The fourth-order valence-electron chi connectivity index (χ4n) is 3.22. The van der Waals surface area contributed by atoms with Crippen LogP contribution < -0.4 is 0 Å². The molecule has 1 aliphatic rings. The van der Waals surface area contributed by atoms with E-state index in [0.717, 1.165) is 35.9 Å². The van der Waals surface area contributed by atoms with Crippen LogP contribution in [0.25, 0.3) is 0 Å². The fraction of sp³-hybridized carbons (Fsp3) is 0.379. The molecule has 3 rings (SSSR count). The Balaban J connectivity index is 0.000000266. The van der Waals surface area contributed by atoms with Crippen LogP contribution in [-0.4, -0.2) is 31.3 Å². The molecule has 5 heteroatoms. The number of hydrogen-bond donors (Lipinski definition) is 0. The monoisotopic (exact) mass is 497 g/mol. The van der Waals surface area contributed by atoms with E-state index >= 15 is 0 Å². The molecule has 0 bridgehead atoms. The molecule has 34 heavy (non-hydrogen) atoms. The van der Waals surface area contributed by atoms with E-state index in [1.165, 1.54) is 24.1 Å². The molecule has 182 valence electrons. The molecular formula is C29H37Cl2N3. The van der Waals surface area contributed by atoms with Crippen LogP contribution in [-0.2, 0) is 6.42 Å². The third-order valence-electron chi connectivity index (χ3n) is 5.34. The van der Waals surface area contributed by atoms with Gasteiger partial charge in [-0.1, -0.05) is 86.3 Å². The third kappa shape index (κ3) is 12.2. The summed E-state index contributed by atoms with van der Waals surface area (Å²) in [6.07, 6.45) is 11.3. The highest BCUT2D eigenvalue weighted by Gasteiger charge is 2.06. The zero-order valence-electron chi connectivity index (χ0n) is 21.1. The van der Waals surface area contributed by atoms with E-state index in [-0.39, 0.29) is 0 Å². The smallest absolute Gasteiger partial charge is 0.101 e. The molecule has 0 spiro atoms. The van der Waals surface area contributed by atoms with Gasteiger partial charge in [0.25, 0.3) is 0 Å². The topological polar surface area (TPSA) is 39.4 Å². The van der Waals surface area contributed by atoms with Crippen LogP contribution in [0.1, 0.15) is 50.3 Å². The molecule has 0 saturated carbocycles. The molecular weight excluding hydrogens is 461 g/mol. The molecule has 0 fully saturated rings. The Hall–Kier alpha value is -2.38. The van der Waals surface area contributed by atoms with Gasteiger partial charge in [0.05, 0.1) is 10.6 Å². The summed E-state index contributed by atoms with van der Waals surface area (Å²) in [5.74, 6) is 0.783. The van der Waals surface area contributed by atoms with Crippen molar-refractivity contribution in [3.63, 3.8) is 0 Å². The van der Waals surface area contributed by atoms with Gasteiger partial charge in [-0.25, -0.2) is 0 Å². The van der Waals surface area contributed by atoms with Crippen molar-refractivity contribution in [2.45, 2.75) is 47.0 Å². The minimum atomic E-state index is 0.530. The van der Waals surface area contributed by atoms with Crippen molar-refractivity contribution < 1.29 is 0 Å². The average Bonchev–Trinajstić information content (AvgIpc) is 3.09. The predicted octanol–water partition coefficient (Wildman–Crippen LogP) is 8.30. The molecule has 3 nitrogen and oxygen atoms in total. The highest BCUT2D eigenvalue weighted by Crippen LogP contribution is 2.16. The van der Waals surface area contributed by atoms with Crippen LogP contribution in [0, 0.1) is 24.2 Å². The van der Waals surface area contributed by atoms with Crippen molar-refractivity contribution in [2.75, 3.05) is 20.1 Å². The lowest BCUT2D eigenvalue weighted by atomic mass is 10.1. The van der Waals surface area contributed by atoms with Crippen LogP contribution in [0.4, 0.5) is 0 Å². The largest absolute Gasteiger partial charge is 0.302 e. The zero-order valence-corrected chi connectivity index (χ0v) is 22.6. The first-order chi connectivity index (χ1) is 16.3. The fourth-order valence-corrected chi connectivity index (χ4v) is 3.76. The van der Waals surface area contributed by atoms with Gasteiger partial charge in [-0.2, -0.15) is 5.26 Å². The summed E-state index contributed by atoms with van der Waals surface area (Å²) in [4.78, 5) is 6.50. The van der Waals surface area contributed by atoms with Crippen molar-refractivity contribution in [1.82, 2.24) is 4.90 Å². The number of halogens is 2. The molecule has 2 aromatic rings. The van der Waals surface area contributed by atoms with Crippen molar-refractivity contribution in [2.24, 2.45) is 10.9 Å². The Morgan fingerprint density at radius 3 is 2.44 bits per heavy atom. The Kier molecular flexibility index (Phi) is 14.9. The minimum Gasteiger partial charge on any atom is -0.302 e. The maximum Gasteiger partial charge on any atom is 0.101 e. The number of aryl methyl sites for hydroxylation is 2. The number of nitriles is 1. The van der Waals surface area contributed by atoms with Gasteiger partial charge in [0.1, 0.15) is 6.07 Å². The van der Waals surface area contributed by atoms with E-state index < -0.39 is 0 Å². The Morgan fingerprint density at radius 1 is 1.12 bits per heavy atom. The first-order valence-electron chi connectivity index (χ1n) is 11.7. The number of hydrogen-bond acceptors (Lipinski definition) is 3. The molecule has 1 atom stereocenters.